The molecule has 136 valence electrons. The van der Waals surface area contributed by atoms with E-state index in [1.54, 1.807) is 0 Å². The Labute approximate surface area is 155 Å². The molecule has 0 spiro atoms. The van der Waals surface area contributed by atoms with Gasteiger partial charge in [0.15, 0.2) is 5.11 Å². The number of amides is 1. The molecule has 0 aliphatic carbocycles. The second kappa shape index (κ2) is 9.15. The number of carbonyl (C=O) groups excluding carboxylic acids is 1. The van der Waals surface area contributed by atoms with Crippen LogP contribution in [0.15, 0.2) is 24.3 Å². The Morgan fingerprint density at radius 2 is 1.84 bits per heavy atom. The van der Waals surface area contributed by atoms with Crippen LogP contribution in [0.1, 0.15) is 48.9 Å². The summed E-state index contributed by atoms with van der Waals surface area (Å²) in [5.74, 6) is 0.132. The summed E-state index contributed by atoms with van der Waals surface area (Å²) in [4.78, 5) is 14.6. The van der Waals surface area contributed by atoms with Crippen LogP contribution >= 0.6 is 12.2 Å². The third kappa shape index (κ3) is 5.41. The molecule has 2 aliphatic rings. The molecule has 1 aromatic carbocycles. The highest BCUT2D eigenvalue weighted by Gasteiger charge is 2.17. The lowest BCUT2D eigenvalue weighted by atomic mass is 10.1. The molecule has 1 aromatic rings. The highest BCUT2D eigenvalue weighted by Crippen LogP contribution is 2.16. The Morgan fingerprint density at radius 3 is 2.48 bits per heavy atom. The van der Waals surface area contributed by atoms with Crippen molar-refractivity contribution in [2.45, 2.75) is 44.6 Å². The van der Waals surface area contributed by atoms with Crippen LogP contribution in [0.2, 0.25) is 0 Å². The first-order chi connectivity index (χ1) is 12.2. The number of anilines is 1. The number of hydrogen-bond acceptors (Lipinski definition) is 3. The summed E-state index contributed by atoms with van der Waals surface area (Å²) in [7, 11) is 0. The van der Waals surface area contributed by atoms with Crippen LogP contribution < -0.4 is 10.6 Å². The highest BCUT2D eigenvalue weighted by atomic mass is 32.1. The Balaban J connectivity index is 1.49. The first-order valence-corrected chi connectivity index (χ1v) is 9.69. The van der Waals surface area contributed by atoms with Gasteiger partial charge in [0, 0.05) is 37.5 Å². The smallest absolute Gasteiger partial charge is 0.253 e. The molecule has 1 atom stereocenters. The Hall–Kier alpha value is -1.66. The van der Waals surface area contributed by atoms with Crippen LogP contribution in [0.5, 0.6) is 0 Å². The van der Waals surface area contributed by atoms with Crippen molar-refractivity contribution in [2.75, 3.05) is 31.6 Å². The van der Waals surface area contributed by atoms with Gasteiger partial charge in [-0.05, 0) is 62.2 Å². The van der Waals surface area contributed by atoms with Gasteiger partial charge in [-0.2, -0.15) is 0 Å². The SMILES string of the molecule is O=C(c1ccc(NC(=S)NCC2CCCO2)cc1)N1CCCCCC1. The third-order valence-corrected chi connectivity index (χ3v) is 5.04. The van der Waals surface area contributed by atoms with E-state index in [9.17, 15) is 4.79 Å². The number of thiocarbonyl (C=S) groups is 1. The van der Waals surface area contributed by atoms with E-state index in [4.69, 9.17) is 17.0 Å². The van der Waals surface area contributed by atoms with E-state index in [1.165, 1.54) is 12.8 Å². The monoisotopic (exact) mass is 361 g/mol. The van der Waals surface area contributed by atoms with Crippen molar-refractivity contribution in [3.63, 3.8) is 0 Å². The number of rotatable bonds is 4. The first kappa shape index (κ1) is 18.1. The van der Waals surface area contributed by atoms with Gasteiger partial charge in [-0.15, -0.1) is 0 Å². The van der Waals surface area contributed by atoms with E-state index in [-0.39, 0.29) is 12.0 Å². The summed E-state index contributed by atoms with van der Waals surface area (Å²) in [5.41, 5.74) is 1.63. The molecule has 2 aliphatic heterocycles. The number of carbonyl (C=O) groups is 1. The normalized spacial score (nSPS) is 20.8. The molecule has 2 saturated heterocycles. The molecule has 0 saturated carbocycles. The number of benzene rings is 1. The fraction of sp³-hybridized carbons (Fsp3) is 0.579. The van der Waals surface area contributed by atoms with Crippen LogP contribution in [-0.4, -0.2) is 48.3 Å². The number of likely N-dealkylation sites (tertiary alicyclic amines) is 1. The number of nitrogens with one attached hydrogen (secondary N) is 2. The maximum absolute atomic E-state index is 12.6. The van der Waals surface area contributed by atoms with Crippen molar-refractivity contribution >= 4 is 28.9 Å². The predicted octanol–water partition coefficient (Wildman–Crippen LogP) is 3.17. The van der Waals surface area contributed by atoms with Gasteiger partial charge in [0.25, 0.3) is 5.91 Å². The minimum Gasteiger partial charge on any atom is -0.376 e. The van der Waals surface area contributed by atoms with E-state index < -0.39 is 0 Å². The van der Waals surface area contributed by atoms with Gasteiger partial charge < -0.3 is 20.3 Å². The van der Waals surface area contributed by atoms with Crippen LogP contribution in [0.3, 0.4) is 0 Å². The predicted molar refractivity (Wildman–Crippen MR) is 104 cm³/mol. The average molecular weight is 362 g/mol. The highest BCUT2D eigenvalue weighted by molar-refractivity contribution is 7.80. The third-order valence-electron chi connectivity index (χ3n) is 4.80. The Morgan fingerprint density at radius 1 is 1.12 bits per heavy atom. The first-order valence-electron chi connectivity index (χ1n) is 9.28. The fourth-order valence-electron chi connectivity index (χ4n) is 3.34. The molecule has 0 bridgehead atoms. The van der Waals surface area contributed by atoms with Crippen molar-refractivity contribution in [3.05, 3.63) is 29.8 Å². The molecule has 1 unspecified atom stereocenters. The maximum Gasteiger partial charge on any atom is 0.253 e. The molecule has 25 heavy (non-hydrogen) atoms. The second-order valence-corrected chi connectivity index (χ2v) is 7.16. The van der Waals surface area contributed by atoms with E-state index >= 15 is 0 Å². The largest absolute Gasteiger partial charge is 0.376 e. The Bertz CT molecular complexity index is 577. The summed E-state index contributed by atoms with van der Waals surface area (Å²) in [5, 5.41) is 6.94. The molecule has 6 heteroatoms. The molecular formula is C19H27N3O2S. The summed E-state index contributed by atoms with van der Waals surface area (Å²) in [6.45, 7) is 3.32. The molecule has 2 fully saturated rings. The average Bonchev–Trinajstić information content (AvgIpc) is 3.00. The van der Waals surface area contributed by atoms with E-state index in [0.717, 1.165) is 63.2 Å². The molecule has 5 nitrogen and oxygen atoms in total. The second-order valence-electron chi connectivity index (χ2n) is 6.75. The summed E-state index contributed by atoms with van der Waals surface area (Å²) < 4.78 is 5.57. The lowest BCUT2D eigenvalue weighted by molar-refractivity contribution is 0.0761. The summed E-state index contributed by atoms with van der Waals surface area (Å²) in [6, 6.07) is 7.56. The van der Waals surface area contributed by atoms with Gasteiger partial charge in [-0.1, -0.05) is 12.8 Å². The van der Waals surface area contributed by atoms with Gasteiger partial charge in [0.2, 0.25) is 0 Å². The van der Waals surface area contributed by atoms with Gasteiger partial charge in [0.05, 0.1) is 6.10 Å². The number of ether oxygens (including phenoxy) is 1. The zero-order valence-electron chi connectivity index (χ0n) is 14.6. The number of nitrogens with zero attached hydrogens (tertiary/aromatic N) is 1. The summed E-state index contributed by atoms with van der Waals surface area (Å²) >= 11 is 5.32. The molecule has 3 rings (SSSR count). The van der Waals surface area contributed by atoms with E-state index in [1.807, 2.05) is 29.2 Å². The van der Waals surface area contributed by atoms with Crippen molar-refractivity contribution in [1.82, 2.24) is 10.2 Å². The minimum absolute atomic E-state index is 0.132. The van der Waals surface area contributed by atoms with Gasteiger partial charge in [-0.25, -0.2) is 0 Å². The van der Waals surface area contributed by atoms with Gasteiger partial charge >= 0.3 is 0 Å². The topological polar surface area (TPSA) is 53.6 Å². The minimum atomic E-state index is 0.132. The van der Waals surface area contributed by atoms with Crippen LogP contribution in [-0.2, 0) is 4.74 Å². The van der Waals surface area contributed by atoms with Crippen LogP contribution in [0.25, 0.3) is 0 Å². The van der Waals surface area contributed by atoms with Crippen molar-refractivity contribution in [2.24, 2.45) is 0 Å². The van der Waals surface area contributed by atoms with Crippen LogP contribution in [0.4, 0.5) is 5.69 Å². The maximum atomic E-state index is 12.6. The molecule has 2 N–H and O–H groups in total. The Kier molecular flexibility index (Phi) is 6.64. The van der Waals surface area contributed by atoms with Crippen LogP contribution in [0, 0.1) is 0 Å². The zero-order valence-corrected chi connectivity index (χ0v) is 15.4. The molecule has 0 radical (unpaired) electrons. The quantitative estimate of drug-likeness (QED) is 0.807. The van der Waals surface area contributed by atoms with E-state index in [2.05, 4.69) is 10.6 Å². The number of hydrogen-bond donors (Lipinski definition) is 2. The van der Waals surface area contributed by atoms with Crippen molar-refractivity contribution < 1.29 is 9.53 Å². The van der Waals surface area contributed by atoms with Crippen molar-refractivity contribution in [1.29, 1.82) is 0 Å². The zero-order chi connectivity index (χ0) is 17.5. The molecule has 0 aromatic heterocycles. The van der Waals surface area contributed by atoms with Gasteiger partial charge in [0.1, 0.15) is 0 Å². The van der Waals surface area contributed by atoms with E-state index in [0.29, 0.717) is 5.11 Å². The molecular weight excluding hydrogens is 334 g/mol. The lowest BCUT2D eigenvalue weighted by Gasteiger charge is -2.20. The van der Waals surface area contributed by atoms with Gasteiger partial charge in [-0.3, -0.25) is 4.79 Å². The standard InChI is InChI=1S/C19H27N3O2S/c23-18(22-11-3-1-2-4-12-22)15-7-9-16(10-8-15)21-19(25)20-14-17-6-5-13-24-17/h7-10,17H,1-6,11-14H2,(H2,20,21,25). The summed E-state index contributed by atoms with van der Waals surface area (Å²) in [6.07, 6.45) is 7.13. The fourth-order valence-corrected chi connectivity index (χ4v) is 3.54. The van der Waals surface area contributed by atoms with Crippen molar-refractivity contribution in [3.8, 4) is 0 Å². The molecule has 1 amide bonds. The molecule has 2 heterocycles. The lowest BCUT2D eigenvalue weighted by Crippen LogP contribution is -2.34.